The van der Waals surface area contributed by atoms with Gasteiger partial charge in [-0.15, -0.1) is 0 Å². The number of hydrogen-bond acceptors (Lipinski definition) is 3. The Morgan fingerprint density at radius 1 is 1.54 bits per heavy atom. The van der Waals surface area contributed by atoms with Crippen molar-refractivity contribution in [3.8, 4) is 11.9 Å². The molecule has 0 saturated heterocycles. The maximum Gasteiger partial charge on any atom is 0.214 e. The molecule has 0 aliphatic carbocycles. The van der Waals surface area contributed by atoms with Gasteiger partial charge in [-0.2, -0.15) is 5.26 Å². The molecular weight excluding hydrogens is 164 g/mol. The number of nitriles is 1. The molecule has 1 aromatic heterocycles. The molecule has 3 nitrogen and oxygen atoms in total. The topological polar surface area (TPSA) is 45.9 Å². The van der Waals surface area contributed by atoms with E-state index >= 15 is 0 Å². The lowest BCUT2D eigenvalue weighted by Crippen LogP contribution is -1.96. The molecule has 0 aromatic carbocycles. The third-order valence-electron chi connectivity index (χ3n) is 1.71. The van der Waals surface area contributed by atoms with Crippen LogP contribution in [0.15, 0.2) is 18.3 Å². The molecule has 0 N–H and O–H groups in total. The summed E-state index contributed by atoms with van der Waals surface area (Å²) in [4.78, 5) is 4.06. The van der Waals surface area contributed by atoms with Gasteiger partial charge < -0.3 is 4.74 Å². The van der Waals surface area contributed by atoms with E-state index in [0.717, 1.165) is 0 Å². The molecule has 1 heterocycles. The van der Waals surface area contributed by atoms with E-state index in [2.05, 4.69) is 18.8 Å². The molecule has 0 saturated carbocycles. The summed E-state index contributed by atoms with van der Waals surface area (Å²) >= 11 is 0. The highest BCUT2D eigenvalue weighted by atomic mass is 16.5. The van der Waals surface area contributed by atoms with Crippen molar-refractivity contribution in [1.82, 2.24) is 4.98 Å². The van der Waals surface area contributed by atoms with Crippen LogP contribution in [0.25, 0.3) is 0 Å². The van der Waals surface area contributed by atoms with Crippen molar-refractivity contribution in [3.05, 3.63) is 23.9 Å². The molecule has 1 aromatic rings. The van der Waals surface area contributed by atoms with Gasteiger partial charge in [-0.25, -0.2) is 4.98 Å². The standard InChI is InChI=1S/C10H12N2O/c1-8(2)9-3-4-10(12-7-9)13-6-5-11/h3-4,7-8H,6H2,1-2H3. The lowest BCUT2D eigenvalue weighted by Gasteiger charge is -2.05. The molecule has 0 unspecified atom stereocenters. The quantitative estimate of drug-likeness (QED) is 0.708. The van der Waals surface area contributed by atoms with Crippen LogP contribution in [-0.4, -0.2) is 11.6 Å². The van der Waals surface area contributed by atoms with Crippen LogP contribution < -0.4 is 4.74 Å². The first kappa shape index (κ1) is 9.53. The number of aromatic nitrogens is 1. The second kappa shape index (κ2) is 4.46. The SMILES string of the molecule is CC(C)c1ccc(OCC#N)nc1. The van der Waals surface area contributed by atoms with Crippen molar-refractivity contribution < 1.29 is 4.74 Å². The summed E-state index contributed by atoms with van der Waals surface area (Å²) in [6.07, 6.45) is 1.78. The summed E-state index contributed by atoms with van der Waals surface area (Å²) < 4.78 is 5.02. The van der Waals surface area contributed by atoms with E-state index < -0.39 is 0 Å². The monoisotopic (exact) mass is 176 g/mol. The van der Waals surface area contributed by atoms with Gasteiger partial charge in [0.05, 0.1) is 0 Å². The fourth-order valence-corrected chi connectivity index (χ4v) is 0.925. The maximum absolute atomic E-state index is 8.27. The number of nitrogens with zero attached hydrogens (tertiary/aromatic N) is 2. The van der Waals surface area contributed by atoms with E-state index in [1.165, 1.54) is 5.56 Å². The summed E-state index contributed by atoms with van der Waals surface area (Å²) in [6.45, 7) is 4.26. The Bertz CT molecular complexity index is 298. The van der Waals surface area contributed by atoms with Crippen LogP contribution in [0.5, 0.6) is 5.88 Å². The van der Waals surface area contributed by atoms with Gasteiger partial charge in [0.25, 0.3) is 0 Å². The predicted molar refractivity (Wildman–Crippen MR) is 49.4 cm³/mol. The number of rotatable bonds is 3. The van der Waals surface area contributed by atoms with Gasteiger partial charge in [0.15, 0.2) is 6.61 Å². The fraction of sp³-hybridized carbons (Fsp3) is 0.400. The molecule has 0 amide bonds. The van der Waals surface area contributed by atoms with Gasteiger partial charge in [-0.1, -0.05) is 19.9 Å². The van der Waals surface area contributed by atoms with Crippen LogP contribution in [0.4, 0.5) is 0 Å². The maximum atomic E-state index is 8.27. The van der Waals surface area contributed by atoms with E-state index in [0.29, 0.717) is 11.8 Å². The van der Waals surface area contributed by atoms with Crippen LogP contribution in [0.3, 0.4) is 0 Å². The number of pyridine rings is 1. The van der Waals surface area contributed by atoms with E-state index in [-0.39, 0.29) is 6.61 Å². The molecule has 0 atom stereocenters. The fourth-order valence-electron chi connectivity index (χ4n) is 0.925. The predicted octanol–water partition coefficient (Wildman–Crippen LogP) is 2.11. The average Bonchev–Trinajstić information content (AvgIpc) is 2.15. The average molecular weight is 176 g/mol. The lowest BCUT2D eigenvalue weighted by atomic mass is 10.1. The molecule has 3 heteroatoms. The van der Waals surface area contributed by atoms with Crippen LogP contribution in [0, 0.1) is 11.3 Å². The number of hydrogen-bond donors (Lipinski definition) is 0. The van der Waals surface area contributed by atoms with Crippen molar-refractivity contribution in [3.63, 3.8) is 0 Å². The van der Waals surface area contributed by atoms with E-state index in [4.69, 9.17) is 10.00 Å². The van der Waals surface area contributed by atoms with Crippen molar-refractivity contribution in [2.45, 2.75) is 19.8 Å². The van der Waals surface area contributed by atoms with Gasteiger partial charge in [0.1, 0.15) is 6.07 Å². The third-order valence-corrected chi connectivity index (χ3v) is 1.71. The molecule has 0 fully saturated rings. The smallest absolute Gasteiger partial charge is 0.214 e. The zero-order chi connectivity index (χ0) is 9.68. The third kappa shape index (κ3) is 2.75. The van der Waals surface area contributed by atoms with E-state index in [1.807, 2.05) is 12.1 Å². The molecule has 68 valence electrons. The first-order chi connectivity index (χ1) is 6.24. The Hall–Kier alpha value is -1.56. The Kier molecular flexibility index (Phi) is 3.27. The minimum atomic E-state index is 0.0496. The number of ether oxygens (including phenoxy) is 1. The summed E-state index contributed by atoms with van der Waals surface area (Å²) in [5.41, 5.74) is 1.17. The summed E-state index contributed by atoms with van der Waals surface area (Å²) in [5, 5.41) is 8.27. The Balaban J connectivity index is 2.65. The normalized spacial score (nSPS) is 9.69. The van der Waals surface area contributed by atoms with Crippen LogP contribution in [0.2, 0.25) is 0 Å². The van der Waals surface area contributed by atoms with Gasteiger partial charge in [-0.3, -0.25) is 0 Å². The molecule has 0 radical (unpaired) electrons. The first-order valence-corrected chi connectivity index (χ1v) is 4.19. The van der Waals surface area contributed by atoms with Gasteiger partial charge in [0, 0.05) is 12.3 Å². The Morgan fingerprint density at radius 3 is 2.77 bits per heavy atom. The molecule has 0 bridgehead atoms. The second-order valence-corrected chi connectivity index (χ2v) is 3.03. The zero-order valence-electron chi connectivity index (χ0n) is 7.82. The second-order valence-electron chi connectivity index (χ2n) is 3.03. The Morgan fingerprint density at radius 2 is 2.31 bits per heavy atom. The highest BCUT2D eigenvalue weighted by molar-refractivity contribution is 5.20. The lowest BCUT2D eigenvalue weighted by molar-refractivity contribution is 0.353. The highest BCUT2D eigenvalue weighted by Crippen LogP contribution is 2.15. The minimum absolute atomic E-state index is 0.0496. The highest BCUT2D eigenvalue weighted by Gasteiger charge is 1.99. The van der Waals surface area contributed by atoms with E-state index in [1.54, 1.807) is 12.3 Å². The van der Waals surface area contributed by atoms with Crippen LogP contribution in [0.1, 0.15) is 25.3 Å². The van der Waals surface area contributed by atoms with Crippen molar-refractivity contribution >= 4 is 0 Å². The van der Waals surface area contributed by atoms with Gasteiger partial charge >= 0.3 is 0 Å². The minimum Gasteiger partial charge on any atom is -0.462 e. The molecule has 13 heavy (non-hydrogen) atoms. The summed E-state index contributed by atoms with van der Waals surface area (Å²) in [5.74, 6) is 0.975. The van der Waals surface area contributed by atoms with Crippen molar-refractivity contribution in [2.75, 3.05) is 6.61 Å². The largest absolute Gasteiger partial charge is 0.462 e. The van der Waals surface area contributed by atoms with Crippen LogP contribution >= 0.6 is 0 Å². The molecule has 0 aliphatic rings. The summed E-state index contributed by atoms with van der Waals surface area (Å²) in [6, 6.07) is 5.64. The zero-order valence-corrected chi connectivity index (χ0v) is 7.82. The molecule has 0 spiro atoms. The van der Waals surface area contributed by atoms with Gasteiger partial charge in [-0.05, 0) is 11.5 Å². The molecular formula is C10H12N2O. The Labute approximate surface area is 78.0 Å². The first-order valence-electron chi connectivity index (χ1n) is 4.19. The van der Waals surface area contributed by atoms with Gasteiger partial charge in [0.2, 0.25) is 5.88 Å². The molecule has 0 aliphatic heterocycles. The van der Waals surface area contributed by atoms with Crippen LogP contribution in [-0.2, 0) is 0 Å². The van der Waals surface area contributed by atoms with Crippen molar-refractivity contribution in [2.24, 2.45) is 0 Å². The summed E-state index contributed by atoms with van der Waals surface area (Å²) in [7, 11) is 0. The molecule has 1 rings (SSSR count). The van der Waals surface area contributed by atoms with Crippen molar-refractivity contribution in [1.29, 1.82) is 5.26 Å². The van der Waals surface area contributed by atoms with E-state index in [9.17, 15) is 0 Å².